The number of hydrogen-bond donors (Lipinski definition) is 2. The number of alkyl halides is 4. The number of anilines is 2. The van der Waals surface area contributed by atoms with Crippen LogP contribution in [-0.2, 0) is 13.2 Å². The summed E-state index contributed by atoms with van der Waals surface area (Å²) in [6, 6.07) is 0.719. The van der Waals surface area contributed by atoms with Crippen LogP contribution in [0.1, 0.15) is 12.0 Å². The zero-order valence-corrected chi connectivity index (χ0v) is 17.7. The van der Waals surface area contributed by atoms with E-state index in [9.17, 15) is 22.8 Å². The van der Waals surface area contributed by atoms with Gasteiger partial charge in [0.25, 0.3) is 5.56 Å². The van der Waals surface area contributed by atoms with Crippen molar-refractivity contribution in [2.75, 3.05) is 30.4 Å². The maximum atomic E-state index is 15.0. The van der Waals surface area contributed by atoms with Crippen LogP contribution in [0.4, 0.5) is 33.7 Å². The van der Waals surface area contributed by atoms with Crippen LogP contribution >= 0.6 is 0 Å². The van der Waals surface area contributed by atoms with E-state index in [4.69, 9.17) is 0 Å². The second-order valence-corrected chi connectivity index (χ2v) is 7.92. The lowest BCUT2D eigenvalue weighted by Crippen LogP contribution is -2.54. The normalized spacial score (nSPS) is 19.0. The molecule has 0 bridgehead atoms. The highest BCUT2D eigenvalue weighted by atomic mass is 19.4. The summed E-state index contributed by atoms with van der Waals surface area (Å²) in [4.78, 5) is 31.9. The molecule has 4 heterocycles. The number of aromatic nitrogens is 4. The largest absolute Gasteiger partial charge is 0.417 e. The van der Waals surface area contributed by atoms with Crippen molar-refractivity contribution in [2.24, 2.45) is 7.05 Å². The van der Waals surface area contributed by atoms with E-state index in [1.165, 1.54) is 7.05 Å². The number of hydrogen-bond acceptors (Lipinski definition) is 5. The number of urea groups is 1. The molecule has 0 aromatic carbocycles. The Labute approximate surface area is 185 Å². The van der Waals surface area contributed by atoms with Gasteiger partial charge in [-0.1, -0.05) is 0 Å². The molecule has 1 saturated heterocycles. The van der Waals surface area contributed by atoms with Crippen molar-refractivity contribution in [1.29, 1.82) is 0 Å². The van der Waals surface area contributed by atoms with Crippen LogP contribution in [0, 0.1) is 0 Å². The summed E-state index contributed by atoms with van der Waals surface area (Å²) in [5.74, 6) is 0. The predicted octanol–water partition coefficient (Wildman–Crippen LogP) is 2.76. The van der Waals surface area contributed by atoms with Crippen LogP contribution in [0.3, 0.4) is 0 Å². The number of rotatable bonds is 3. The van der Waals surface area contributed by atoms with E-state index in [1.807, 2.05) is 6.07 Å². The lowest BCUT2D eigenvalue weighted by molar-refractivity contribution is -0.138. The minimum atomic E-state index is -4.69. The second kappa shape index (κ2) is 8.37. The van der Waals surface area contributed by atoms with Gasteiger partial charge < -0.3 is 19.7 Å². The van der Waals surface area contributed by atoms with E-state index in [0.717, 1.165) is 21.9 Å². The molecule has 1 aliphatic heterocycles. The number of carbonyl (C=O) groups is 1. The third-order valence-corrected chi connectivity index (χ3v) is 5.72. The minimum absolute atomic E-state index is 0.00134. The molecule has 2 amide bonds. The topological polar surface area (TPSA) is 99.1 Å². The highest BCUT2D eigenvalue weighted by Gasteiger charge is 2.35. The third-order valence-electron chi connectivity index (χ3n) is 5.72. The lowest BCUT2D eigenvalue weighted by Gasteiger charge is -2.39. The number of carbonyl (C=O) groups excluding carboxylic acids is 1. The van der Waals surface area contributed by atoms with Crippen molar-refractivity contribution < 1.29 is 22.4 Å². The third kappa shape index (κ3) is 4.47. The summed E-state index contributed by atoms with van der Waals surface area (Å²) in [5, 5.41) is 9.62. The molecule has 9 nitrogen and oxygen atoms in total. The van der Waals surface area contributed by atoms with Gasteiger partial charge in [0.1, 0.15) is 11.9 Å². The van der Waals surface area contributed by atoms with E-state index in [2.05, 4.69) is 20.5 Å². The summed E-state index contributed by atoms with van der Waals surface area (Å²) < 4.78 is 54.9. The summed E-state index contributed by atoms with van der Waals surface area (Å²) >= 11 is 0. The Balaban J connectivity index is 1.45. The Morgan fingerprint density at radius 1 is 1.30 bits per heavy atom. The number of halogens is 4. The summed E-state index contributed by atoms with van der Waals surface area (Å²) in [6.45, 7) is 0.428. The number of H-pyrrole nitrogens is 1. The molecule has 0 aliphatic carbocycles. The molecule has 3 aromatic rings. The van der Waals surface area contributed by atoms with Gasteiger partial charge in [-0.05, 0) is 18.6 Å². The van der Waals surface area contributed by atoms with E-state index < -0.39 is 41.2 Å². The predicted molar refractivity (Wildman–Crippen MR) is 113 cm³/mol. The Morgan fingerprint density at radius 3 is 2.76 bits per heavy atom. The van der Waals surface area contributed by atoms with Gasteiger partial charge in [-0.3, -0.25) is 9.89 Å². The molecule has 13 heteroatoms. The molecule has 1 aliphatic rings. The van der Waals surface area contributed by atoms with Crippen molar-refractivity contribution in [1.82, 2.24) is 24.6 Å². The Morgan fingerprint density at radius 2 is 2.06 bits per heavy atom. The number of aromatic amines is 1. The van der Waals surface area contributed by atoms with Crippen molar-refractivity contribution >= 4 is 28.4 Å². The minimum Gasteiger partial charge on any atom is -0.367 e. The first kappa shape index (κ1) is 22.6. The van der Waals surface area contributed by atoms with E-state index >= 15 is 4.39 Å². The Kier molecular flexibility index (Phi) is 5.72. The fourth-order valence-corrected chi connectivity index (χ4v) is 3.87. The van der Waals surface area contributed by atoms with Gasteiger partial charge in [-0.15, -0.1) is 0 Å². The molecule has 0 radical (unpaired) electrons. The number of piperidine rings is 1. The van der Waals surface area contributed by atoms with Crippen LogP contribution in [0.25, 0.3) is 11.0 Å². The maximum Gasteiger partial charge on any atom is 0.417 e. The number of pyridine rings is 2. The van der Waals surface area contributed by atoms with E-state index in [0.29, 0.717) is 30.1 Å². The van der Waals surface area contributed by atoms with Gasteiger partial charge in [-0.2, -0.15) is 18.3 Å². The van der Waals surface area contributed by atoms with Crippen LogP contribution in [0.15, 0.2) is 35.5 Å². The summed E-state index contributed by atoms with van der Waals surface area (Å²) in [5.41, 5.74) is -1.09. The molecule has 33 heavy (non-hydrogen) atoms. The van der Waals surface area contributed by atoms with Crippen molar-refractivity contribution in [3.8, 4) is 0 Å². The van der Waals surface area contributed by atoms with Crippen LogP contribution in [-0.4, -0.2) is 63.0 Å². The molecule has 1 fully saturated rings. The van der Waals surface area contributed by atoms with Crippen molar-refractivity contribution in [3.63, 3.8) is 0 Å². The lowest BCUT2D eigenvalue weighted by atomic mass is 10.0. The highest BCUT2D eigenvalue weighted by Crippen LogP contribution is 2.30. The zero-order chi connectivity index (χ0) is 23.9. The number of aryl methyl sites for hydroxylation is 1. The number of fused-ring (bicyclic) bond motifs is 1. The molecule has 3 aromatic heterocycles. The van der Waals surface area contributed by atoms with E-state index in [1.54, 1.807) is 17.3 Å². The Hall–Kier alpha value is -3.64. The first-order valence-corrected chi connectivity index (χ1v) is 10.0. The molecule has 2 atom stereocenters. The second-order valence-electron chi connectivity index (χ2n) is 7.92. The fraction of sp³-hybridized carbons (Fsp3) is 0.400. The molecule has 4 rings (SSSR count). The van der Waals surface area contributed by atoms with Gasteiger partial charge >= 0.3 is 12.2 Å². The molecular formula is C20H21F4N7O2. The van der Waals surface area contributed by atoms with Gasteiger partial charge in [-0.25, -0.2) is 14.2 Å². The molecule has 0 spiro atoms. The molecule has 176 valence electrons. The highest BCUT2D eigenvalue weighted by molar-refractivity contribution is 5.89. The zero-order valence-electron chi connectivity index (χ0n) is 17.7. The molecule has 0 saturated carbocycles. The number of amides is 2. The van der Waals surface area contributed by atoms with Gasteiger partial charge in [0.15, 0.2) is 5.65 Å². The average Bonchev–Trinajstić information content (AvgIpc) is 3.23. The molecule has 0 unspecified atom stereocenters. The van der Waals surface area contributed by atoms with E-state index in [-0.39, 0.29) is 13.0 Å². The molecule has 2 N–H and O–H groups in total. The van der Waals surface area contributed by atoms with Gasteiger partial charge in [0, 0.05) is 32.2 Å². The first-order chi connectivity index (χ1) is 15.5. The fourth-order valence-electron chi connectivity index (χ4n) is 3.87. The van der Waals surface area contributed by atoms with Crippen LogP contribution in [0.5, 0.6) is 0 Å². The van der Waals surface area contributed by atoms with Crippen molar-refractivity contribution in [2.45, 2.75) is 24.8 Å². The Bertz CT molecular complexity index is 1240. The average molecular weight is 467 g/mol. The van der Waals surface area contributed by atoms with Gasteiger partial charge in [0.05, 0.1) is 36.2 Å². The summed E-state index contributed by atoms with van der Waals surface area (Å²) in [6.07, 6.45) is -1.99. The standard InChI is InChI=1S/C20H21F4N7O2/c1-29-9-12(20(22,23)24)6-15(18(29)32)27-19(33)30(2)16-3-4-31(10-14(16)21)13-5-11-7-26-28-17(11)25-8-13/h5-9,14,16H,3-4,10H2,1-2H3,(H,27,33)(H,25,26,28)/t14-,16-/m0/s1. The molecular weight excluding hydrogens is 446 g/mol. The smallest absolute Gasteiger partial charge is 0.367 e. The summed E-state index contributed by atoms with van der Waals surface area (Å²) in [7, 11) is 2.50. The van der Waals surface area contributed by atoms with Crippen LogP contribution in [0.2, 0.25) is 0 Å². The number of nitrogens with one attached hydrogen (secondary N) is 2. The van der Waals surface area contributed by atoms with Gasteiger partial charge in [0.2, 0.25) is 0 Å². The quantitative estimate of drug-likeness (QED) is 0.578. The van der Waals surface area contributed by atoms with Crippen LogP contribution < -0.4 is 15.8 Å². The SMILES string of the molecule is CN(C(=O)Nc1cc(C(F)(F)F)cn(C)c1=O)[C@H]1CCN(c2cnc3[nH]ncc3c2)C[C@@H]1F. The first-order valence-electron chi connectivity index (χ1n) is 10.0. The monoisotopic (exact) mass is 467 g/mol. The number of nitrogens with zero attached hydrogens (tertiary/aromatic N) is 5. The van der Waals surface area contributed by atoms with Crippen molar-refractivity contribution in [3.05, 3.63) is 46.6 Å². The maximum absolute atomic E-state index is 15.0.